The maximum Gasteiger partial charge on any atom is 0.308 e. The van der Waals surface area contributed by atoms with Crippen molar-refractivity contribution in [3.8, 4) is 0 Å². The lowest BCUT2D eigenvalue weighted by Crippen LogP contribution is -2.61. The van der Waals surface area contributed by atoms with Gasteiger partial charge in [-0.1, -0.05) is 0 Å². The predicted octanol–water partition coefficient (Wildman–Crippen LogP) is -1.21. The Hall–Kier alpha value is -1.38. The summed E-state index contributed by atoms with van der Waals surface area (Å²) >= 11 is 0. The summed E-state index contributed by atoms with van der Waals surface area (Å²) < 4.78 is 0. The molecule has 2 fully saturated rings. The van der Waals surface area contributed by atoms with Crippen molar-refractivity contribution in [2.24, 2.45) is 34.6 Å². The molecule has 8 nitrogen and oxygen atoms in total. The first kappa shape index (κ1) is 17.7. The van der Waals surface area contributed by atoms with Gasteiger partial charge >= 0.3 is 11.9 Å². The lowest BCUT2D eigenvalue weighted by Gasteiger charge is -2.38. The minimum Gasteiger partial charge on any atom is -0.481 e. The number of carboxylic acids is 2. The fourth-order valence-electron chi connectivity index (χ4n) is 4.22. The van der Waals surface area contributed by atoms with Crippen LogP contribution in [0.5, 0.6) is 0 Å². The van der Waals surface area contributed by atoms with E-state index in [1.807, 2.05) is 0 Å². The van der Waals surface area contributed by atoms with Crippen LogP contribution in [0.15, 0.2) is 0 Å². The summed E-state index contributed by atoms with van der Waals surface area (Å²) in [5.41, 5.74) is 8.51. The first-order valence-electron chi connectivity index (χ1n) is 6.40. The minimum atomic E-state index is -1.53. The Morgan fingerprint density at radius 2 is 1.86 bits per heavy atom. The Balaban J connectivity index is 0.00000220. The first-order chi connectivity index (χ1) is 9.25. The highest BCUT2D eigenvalue weighted by atomic mass is 35.5. The van der Waals surface area contributed by atoms with Gasteiger partial charge in [0.15, 0.2) is 0 Å². The second kappa shape index (κ2) is 5.43. The van der Waals surface area contributed by atoms with Crippen LogP contribution in [0.1, 0.15) is 19.3 Å². The number of nitrogens with two attached hydrogens (primary N) is 2. The zero-order valence-electron chi connectivity index (χ0n) is 11.2. The number of aliphatic hydroxyl groups excluding tert-OH is 1. The number of aliphatic hydroxyl groups is 1. The van der Waals surface area contributed by atoms with Gasteiger partial charge in [0, 0.05) is 12.1 Å². The van der Waals surface area contributed by atoms with E-state index in [2.05, 4.69) is 0 Å². The van der Waals surface area contributed by atoms with Crippen LogP contribution in [0.3, 0.4) is 0 Å². The molecule has 2 aliphatic rings. The molecule has 0 radical (unpaired) electrons. The zero-order chi connectivity index (χ0) is 15.3. The number of fused-ring (bicyclic) bond motifs is 1. The van der Waals surface area contributed by atoms with E-state index in [0.29, 0.717) is 6.42 Å². The van der Waals surface area contributed by atoms with Crippen LogP contribution in [-0.2, 0) is 14.4 Å². The second-order valence-corrected chi connectivity index (χ2v) is 5.64. The van der Waals surface area contributed by atoms with Crippen molar-refractivity contribution in [3.63, 3.8) is 0 Å². The number of halogens is 1. The molecule has 0 bridgehead atoms. The number of rotatable bonds is 6. The molecule has 7 N–H and O–H groups in total. The molecule has 2 rings (SSSR count). The molecule has 2 aliphatic carbocycles. The van der Waals surface area contributed by atoms with Gasteiger partial charge in [-0.3, -0.25) is 14.4 Å². The van der Waals surface area contributed by atoms with Gasteiger partial charge in [-0.15, -0.1) is 12.4 Å². The molecule has 0 unspecified atom stereocenters. The van der Waals surface area contributed by atoms with Crippen LogP contribution in [0.4, 0.5) is 0 Å². The van der Waals surface area contributed by atoms with Gasteiger partial charge in [0.05, 0.1) is 17.3 Å². The van der Waals surface area contributed by atoms with Gasteiger partial charge in [-0.2, -0.15) is 0 Å². The second-order valence-electron chi connectivity index (χ2n) is 5.64. The highest BCUT2D eigenvalue weighted by Crippen LogP contribution is 2.73. The van der Waals surface area contributed by atoms with Crippen LogP contribution in [0.2, 0.25) is 0 Å². The summed E-state index contributed by atoms with van der Waals surface area (Å²) in [5, 5.41) is 27.5. The molecule has 5 atom stereocenters. The maximum atomic E-state index is 11.9. The molecule has 0 aromatic heterocycles. The Bertz CT molecular complexity index is 486. The molecule has 0 heterocycles. The fourth-order valence-corrected chi connectivity index (χ4v) is 4.22. The Morgan fingerprint density at radius 1 is 1.29 bits per heavy atom. The summed E-state index contributed by atoms with van der Waals surface area (Å²) in [6.45, 7) is -0.410. The van der Waals surface area contributed by atoms with E-state index in [4.69, 9.17) is 16.6 Å². The summed E-state index contributed by atoms with van der Waals surface area (Å²) in [5.74, 6) is -6.04. The van der Waals surface area contributed by atoms with E-state index in [1.165, 1.54) is 0 Å². The monoisotopic (exact) mass is 322 g/mol. The van der Waals surface area contributed by atoms with Gasteiger partial charge in [0.1, 0.15) is 0 Å². The van der Waals surface area contributed by atoms with Gasteiger partial charge < -0.3 is 26.8 Å². The van der Waals surface area contributed by atoms with Crippen molar-refractivity contribution < 1.29 is 29.7 Å². The normalized spacial score (nSPS) is 38.0. The summed E-state index contributed by atoms with van der Waals surface area (Å²) in [7, 11) is 0. The highest BCUT2D eigenvalue weighted by molar-refractivity contribution is 5.96. The summed E-state index contributed by atoms with van der Waals surface area (Å²) in [6, 6.07) is 0. The number of carbonyl (C=O) groups excluding carboxylic acids is 1. The average Bonchev–Trinajstić information content (AvgIpc) is 2.95. The number of hydrogen-bond acceptors (Lipinski definition) is 5. The van der Waals surface area contributed by atoms with E-state index < -0.39 is 53.2 Å². The molecule has 0 spiro atoms. The van der Waals surface area contributed by atoms with Gasteiger partial charge in [-0.05, 0) is 25.2 Å². The number of primary amides is 1. The van der Waals surface area contributed by atoms with Crippen LogP contribution < -0.4 is 11.5 Å². The Morgan fingerprint density at radius 3 is 2.19 bits per heavy atom. The van der Waals surface area contributed by atoms with Crippen molar-refractivity contribution in [1.82, 2.24) is 0 Å². The van der Waals surface area contributed by atoms with E-state index in [9.17, 15) is 24.6 Å². The molecule has 1 amide bonds. The van der Waals surface area contributed by atoms with E-state index in [0.717, 1.165) is 0 Å². The molecule has 0 aromatic carbocycles. The van der Waals surface area contributed by atoms with Crippen molar-refractivity contribution >= 4 is 30.3 Å². The van der Waals surface area contributed by atoms with E-state index in [-0.39, 0.29) is 25.2 Å². The van der Waals surface area contributed by atoms with E-state index in [1.54, 1.807) is 0 Å². The third-order valence-electron chi connectivity index (χ3n) is 5.02. The molecule has 0 aliphatic heterocycles. The minimum absolute atomic E-state index is 0. The molecule has 0 aromatic rings. The first-order valence-corrected chi connectivity index (χ1v) is 6.40. The molecule has 0 saturated heterocycles. The van der Waals surface area contributed by atoms with E-state index >= 15 is 0 Å². The molecule has 2 saturated carbocycles. The molecule has 21 heavy (non-hydrogen) atoms. The van der Waals surface area contributed by atoms with Crippen molar-refractivity contribution in [1.29, 1.82) is 0 Å². The topological polar surface area (TPSA) is 164 Å². The van der Waals surface area contributed by atoms with Gasteiger partial charge in [0.2, 0.25) is 5.91 Å². The van der Waals surface area contributed by atoms with Gasteiger partial charge in [-0.25, -0.2) is 0 Å². The van der Waals surface area contributed by atoms with Crippen molar-refractivity contribution in [2.75, 3.05) is 6.61 Å². The predicted molar refractivity (Wildman–Crippen MR) is 72.5 cm³/mol. The van der Waals surface area contributed by atoms with Gasteiger partial charge in [0.25, 0.3) is 0 Å². The molecule has 9 heteroatoms. The van der Waals surface area contributed by atoms with Crippen molar-refractivity contribution in [3.05, 3.63) is 0 Å². The van der Waals surface area contributed by atoms with Crippen LogP contribution in [-0.4, -0.2) is 45.3 Å². The zero-order valence-corrected chi connectivity index (χ0v) is 12.0. The molecular weight excluding hydrogens is 304 g/mol. The third-order valence-corrected chi connectivity index (χ3v) is 5.02. The highest BCUT2D eigenvalue weighted by Gasteiger charge is 2.84. The molecule has 120 valence electrons. The standard InChI is InChI=1S/C12H18N2O6.ClH/c13-10(20)12-5(7(12)9(18)19)1-3-11(12,14)6(2-4-15)8(16)17;/h5-7,15H,1-4,14H2,(H2,13,20)(H,16,17)(H,18,19);1H/t5-,6-,7-,11+,12-;/m1./s1. The number of carbonyl (C=O) groups is 3. The summed E-state index contributed by atoms with van der Waals surface area (Å²) in [4.78, 5) is 34.5. The van der Waals surface area contributed by atoms with Crippen LogP contribution in [0, 0.1) is 23.2 Å². The number of hydrogen-bond donors (Lipinski definition) is 5. The number of amides is 1. The lowest BCUT2D eigenvalue weighted by atomic mass is 9.69. The summed E-state index contributed by atoms with van der Waals surface area (Å²) in [6.07, 6.45) is 0.424. The maximum absolute atomic E-state index is 11.9. The Labute approximate surface area is 126 Å². The molecular formula is C12H19ClN2O6. The largest absolute Gasteiger partial charge is 0.481 e. The third kappa shape index (κ3) is 2.01. The number of carboxylic acid groups (broad SMARTS) is 2. The van der Waals surface area contributed by atoms with Crippen LogP contribution >= 0.6 is 12.4 Å². The van der Waals surface area contributed by atoms with Crippen molar-refractivity contribution in [2.45, 2.75) is 24.8 Å². The fraction of sp³-hybridized carbons (Fsp3) is 0.750. The SMILES string of the molecule is Cl.NC(=O)[C@]12[C@H](CC[C@]1(N)[C@H](CCO)C(=O)O)[C@@H]2C(=O)O. The average molecular weight is 323 g/mol. The number of aliphatic carboxylic acids is 2. The van der Waals surface area contributed by atoms with Crippen LogP contribution in [0.25, 0.3) is 0 Å². The smallest absolute Gasteiger partial charge is 0.308 e. The quantitative estimate of drug-likeness (QED) is 0.409. The lowest BCUT2D eigenvalue weighted by molar-refractivity contribution is -0.150. The Kier molecular flexibility index (Phi) is 4.57.